The fourth-order valence-corrected chi connectivity index (χ4v) is 3.18. The van der Waals surface area contributed by atoms with Gasteiger partial charge in [0.25, 0.3) is 5.91 Å². The number of nitrogens with zero attached hydrogens (tertiary/aromatic N) is 1. The molecule has 1 aromatic carbocycles. The van der Waals surface area contributed by atoms with Crippen molar-refractivity contribution in [2.75, 3.05) is 6.54 Å². The first kappa shape index (κ1) is 16.3. The van der Waals surface area contributed by atoms with Crippen molar-refractivity contribution in [3.05, 3.63) is 34.9 Å². The fourth-order valence-electron chi connectivity index (χ4n) is 3.18. The number of hydrogen-bond donors (Lipinski definition) is 1. The molecule has 1 atom stereocenters. The minimum atomic E-state index is 0.0238. The molecule has 5 nitrogen and oxygen atoms in total. The van der Waals surface area contributed by atoms with Crippen molar-refractivity contribution in [3.8, 4) is 11.8 Å². The maximum Gasteiger partial charge on any atom is 0.254 e. The summed E-state index contributed by atoms with van der Waals surface area (Å²) in [6.45, 7) is 1.07. The van der Waals surface area contributed by atoms with E-state index in [0.29, 0.717) is 44.3 Å². The zero-order chi connectivity index (χ0) is 16.9. The van der Waals surface area contributed by atoms with Crippen LogP contribution in [-0.4, -0.2) is 35.6 Å². The molecule has 2 aliphatic heterocycles. The molecular formula is C19H20N2O3. The number of amides is 2. The van der Waals surface area contributed by atoms with Gasteiger partial charge in [-0.05, 0) is 30.5 Å². The van der Waals surface area contributed by atoms with Crippen LogP contribution in [0.1, 0.15) is 53.6 Å². The van der Waals surface area contributed by atoms with Gasteiger partial charge in [-0.1, -0.05) is 17.9 Å². The molecule has 0 aliphatic carbocycles. The van der Waals surface area contributed by atoms with Gasteiger partial charge in [-0.3, -0.25) is 9.59 Å². The Labute approximate surface area is 141 Å². The first-order valence-electron chi connectivity index (χ1n) is 8.32. The van der Waals surface area contributed by atoms with Crippen LogP contribution in [0.25, 0.3) is 0 Å². The number of unbranched alkanes of at least 4 members (excludes halogenated alkanes) is 2. The molecule has 2 heterocycles. The van der Waals surface area contributed by atoms with E-state index in [-0.39, 0.29) is 17.9 Å². The predicted molar refractivity (Wildman–Crippen MR) is 89.1 cm³/mol. The summed E-state index contributed by atoms with van der Waals surface area (Å²) in [6, 6.07) is 5.69. The van der Waals surface area contributed by atoms with Crippen molar-refractivity contribution < 1.29 is 14.4 Å². The highest BCUT2D eigenvalue weighted by atomic mass is 16.2. The summed E-state index contributed by atoms with van der Waals surface area (Å²) in [7, 11) is 0. The molecular weight excluding hydrogens is 304 g/mol. The van der Waals surface area contributed by atoms with E-state index >= 15 is 0 Å². The lowest BCUT2D eigenvalue weighted by Crippen LogP contribution is -2.48. The van der Waals surface area contributed by atoms with Crippen LogP contribution < -0.4 is 5.32 Å². The number of benzene rings is 1. The molecule has 3 rings (SSSR count). The lowest BCUT2D eigenvalue weighted by atomic mass is 10.0. The minimum absolute atomic E-state index is 0.0238. The van der Waals surface area contributed by atoms with Crippen molar-refractivity contribution in [3.63, 3.8) is 0 Å². The van der Waals surface area contributed by atoms with Crippen molar-refractivity contribution in [1.82, 2.24) is 10.2 Å². The monoisotopic (exact) mass is 324 g/mol. The van der Waals surface area contributed by atoms with Crippen molar-refractivity contribution in [1.29, 1.82) is 0 Å². The Kier molecular flexibility index (Phi) is 4.95. The van der Waals surface area contributed by atoms with Gasteiger partial charge in [0.1, 0.15) is 6.29 Å². The number of carbonyl (C=O) groups is 3. The molecule has 24 heavy (non-hydrogen) atoms. The van der Waals surface area contributed by atoms with Gasteiger partial charge in [0.15, 0.2) is 0 Å². The van der Waals surface area contributed by atoms with Gasteiger partial charge in [0.05, 0.1) is 6.04 Å². The molecule has 1 fully saturated rings. The second-order valence-corrected chi connectivity index (χ2v) is 6.12. The topological polar surface area (TPSA) is 66.5 Å². The summed E-state index contributed by atoms with van der Waals surface area (Å²) in [4.78, 5) is 36.2. The van der Waals surface area contributed by atoms with Crippen LogP contribution >= 0.6 is 0 Å². The molecule has 0 bridgehead atoms. The number of piperidine rings is 1. The third-order valence-electron chi connectivity index (χ3n) is 4.52. The molecule has 1 unspecified atom stereocenters. The molecule has 0 radical (unpaired) electrons. The molecule has 0 aromatic heterocycles. The Balaban J connectivity index is 1.74. The number of nitrogens with one attached hydrogen (secondary N) is 1. The Morgan fingerprint density at radius 2 is 2.21 bits per heavy atom. The zero-order valence-corrected chi connectivity index (χ0v) is 13.5. The van der Waals surface area contributed by atoms with E-state index in [1.807, 2.05) is 23.1 Å². The molecule has 1 aromatic rings. The van der Waals surface area contributed by atoms with E-state index in [0.717, 1.165) is 23.8 Å². The lowest BCUT2D eigenvalue weighted by Gasteiger charge is -2.31. The third kappa shape index (κ3) is 3.33. The highest BCUT2D eigenvalue weighted by molar-refractivity contribution is 5.99. The summed E-state index contributed by atoms with van der Waals surface area (Å²) >= 11 is 0. The van der Waals surface area contributed by atoms with Gasteiger partial charge in [-0.15, -0.1) is 0 Å². The summed E-state index contributed by atoms with van der Waals surface area (Å²) in [6.07, 6.45) is 4.04. The highest BCUT2D eigenvalue weighted by Crippen LogP contribution is 2.29. The number of fused-ring (bicyclic) bond motifs is 1. The number of rotatable bonds is 4. The lowest BCUT2D eigenvalue weighted by molar-refractivity contribution is -0.123. The van der Waals surface area contributed by atoms with Gasteiger partial charge >= 0.3 is 0 Å². The average Bonchev–Trinajstić information content (AvgIpc) is 2.93. The van der Waals surface area contributed by atoms with E-state index in [4.69, 9.17) is 0 Å². The summed E-state index contributed by atoms with van der Waals surface area (Å²) in [5.74, 6) is 6.30. The zero-order valence-electron chi connectivity index (χ0n) is 13.5. The maximum absolute atomic E-state index is 12.7. The maximum atomic E-state index is 12.7. The van der Waals surface area contributed by atoms with Crippen LogP contribution in [0, 0.1) is 11.8 Å². The largest absolute Gasteiger partial charge is 0.354 e. The second kappa shape index (κ2) is 7.31. The van der Waals surface area contributed by atoms with Gasteiger partial charge in [0.2, 0.25) is 5.91 Å². The van der Waals surface area contributed by atoms with Crippen LogP contribution in [0.15, 0.2) is 18.2 Å². The Bertz CT molecular complexity index is 720. The van der Waals surface area contributed by atoms with Gasteiger partial charge in [-0.2, -0.15) is 0 Å². The van der Waals surface area contributed by atoms with E-state index < -0.39 is 0 Å². The third-order valence-corrected chi connectivity index (χ3v) is 4.52. The minimum Gasteiger partial charge on any atom is -0.354 e. The standard InChI is InChI=1S/C19H20N2O3/c22-11-4-2-1-3-6-14-7-5-8-16-17(14)13-21(19(16)24)15-9-10-18(23)20-12-15/h5,7-8,11,15H,1-2,4,9-10,12-13H2,(H,20,23). The van der Waals surface area contributed by atoms with E-state index in [1.165, 1.54) is 0 Å². The molecule has 0 spiro atoms. The number of aldehydes is 1. The van der Waals surface area contributed by atoms with Crippen LogP contribution in [0.3, 0.4) is 0 Å². The number of carbonyl (C=O) groups excluding carboxylic acids is 3. The van der Waals surface area contributed by atoms with Crippen LogP contribution in [0.5, 0.6) is 0 Å². The van der Waals surface area contributed by atoms with Crippen LogP contribution in [0.4, 0.5) is 0 Å². The molecule has 2 aliphatic rings. The van der Waals surface area contributed by atoms with Gasteiger partial charge in [0, 0.05) is 43.5 Å². The Morgan fingerprint density at radius 3 is 2.96 bits per heavy atom. The normalized spacial score (nSPS) is 19.3. The van der Waals surface area contributed by atoms with E-state index in [1.54, 1.807) is 0 Å². The SMILES string of the molecule is O=CCCCC#Cc1cccc2c1CN(C1CCC(=O)NC1)C2=O. The van der Waals surface area contributed by atoms with Crippen molar-refractivity contribution in [2.24, 2.45) is 0 Å². The predicted octanol–water partition coefficient (Wildman–Crippen LogP) is 1.64. The molecule has 1 saturated heterocycles. The Morgan fingerprint density at radius 1 is 1.33 bits per heavy atom. The molecule has 1 N–H and O–H groups in total. The Hall–Kier alpha value is -2.61. The quantitative estimate of drug-likeness (QED) is 0.520. The highest BCUT2D eigenvalue weighted by Gasteiger charge is 2.35. The van der Waals surface area contributed by atoms with Crippen LogP contribution in [-0.2, 0) is 16.1 Å². The molecule has 124 valence electrons. The fraction of sp³-hybridized carbons (Fsp3) is 0.421. The van der Waals surface area contributed by atoms with Crippen LogP contribution in [0.2, 0.25) is 0 Å². The first-order valence-corrected chi connectivity index (χ1v) is 8.32. The van der Waals surface area contributed by atoms with Crippen molar-refractivity contribution in [2.45, 2.75) is 44.7 Å². The molecule has 0 saturated carbocycles. The first-order chi connectivity index (χ1) is 11.7. The van der Waals surface area contributed by atoms with E-state index in [2.05, 4.69) is 17.2 Å². The average molecular weight is 324 g/mol. The smallest absolute Gasteiger partial charge is 0.254 e. The molecule has 2 amide bonds. The van der Waals surface area contributed by atoms with E-state index in [9.17, 15) is 14.4 Å². The summed E-state index contributed by atoms with van der Waals surface area (Å²) < 4.78 is 0. The summed E-state index contributed by atoms with van der Waals surface area (Å²) in [5.41, 5.74) is 2.57. The summed E-state index contributed by atoms with van der Waals surface area (Å²) in [5, 5.41) is 2.84. The van der Waals surface area contributed by atoms with Crippen molar-refractivity contribution >= 4 is 18.1 Å². The number of hydrogen-bond acceptors (Lipinski definition) is 3. The van der Waals surface area contributed by atoms with Gasteiger partial charge in [-0.25, -0.2) is 0 Å². The second-order valence-electron chi connectivity index (χ2n) is 6.12. The van der Waals surface area contributed by atoms with Gasteiger partial charge < -0.3 is 15.0 Å². The molecule has 5 heteroatoms.